The molecule has 1 N–H and O–H groups in total. The van der Waals surface area contributed by atoms with Crippen LogP contribution in [0.5, 0.6) is 5.75 Å². The molecule has 2 aromatic rings. The molecule has 0 amide bonds. The number of ether oxygens (including phenoxy) is 2. The average Bonchev–Trinajstić information content (AvgIpc) is 3.19. The Hall–Kier alpha value is -2.38. The Balaban J connectivity index is 1.38. The van der Waals surface area contributed by atoms with E-state index in [-0.39, 0.29) is 5.56 Å². The second-order valence-electron chi connectivity index (χ2n) is 7.77. The van der Waals surface area contributed by atoms with Crippen molar-refractivity contribution in [2.75, 3.05) is 51.4 Å². The number of anilines is 1. The minimum absolute atomic E-state index is 0.0383. The lowest BCUT2D eigenvalue weighted by molar-refractivity contribution is 0.146. The Morgan fingerprint density at radius 3 is 2.55 bits per heavy atom. The Bertz CT molecular complexity index is 859. The van der Waals surface area contributed by atoms with Crippen molar-refractivity contribution in [2.24, 2.45) is 0 Å². The van der Waals surface area contributed by atoms with Crippen LogP contribution in [0.15, 0.2) is 29.1 Å². The van der Waals surface area contributed by atoms with Crippen LogP contribution in [-0.2, 0) is 24.1 Å². The van der Waals surface area contributed by atoms with Crippen LogP contribution in [0.2, 0.25) is 0 Å². The maximum absolute atomic E-state index is 12.6. The number of methoxy groups -OCH3 is 1. The fraction of sp³-hybridized carbons (Fsp3) is 0.545. The maximum atomic E-state index is 12.6. The molecule has 29 heavy (non-hydrogen) atoms. The summed E-state index contributed by atoms with van der Waals surface area (Å²) in [5.41, 5.74) is 3.11. The van der Waals surface area contributed by atoms with Gasteiger partial charge in [0.15, 0.2) is 0 Å². The van der Waals surface area contributed by atoms with Crippen LogP contribution < -0.4 is 15.2 Å². The maximum Gasteiger partial charge on any atom is 0.255 e. The van der Waals surface area contributed by atoms with E-state index in [1.807, 2.05) is 12.1 Å². The number of rotatable bonds is 7. The van der Waals surface area contributed by atoms with Crippen molar-refractivity contribution >= 4 is 5.95 Å². The normalized spacial score (nSPS) is 17.2. The molecule has 2 aliphatic rings. The topological polar surface area (TPSA) is 70.7 Å². The zero-order chi connectivity index (χ0) is 20.1. The molecule has 4 rings (SSSR count). The standard InChI is InChI=1S/C22H30N4O3/c1-28-14-15-29-18-6-4-17(5-7-18)16-25-12-8-19-20(9-13-25)23-22(24-21(19)27)26-10-2-3-11-26/h4-7H,2-3,8-16H2,1H3,(H,23,24,27). The van der Waals surface area contributed by atoms with Gasteiger partial charge in [0.25, 0.3) is 5.56 Å². The molecule has 0 atom stereocenters. The van der Waals surface area contributed by atoms with Crippen LogP contribution in [0.25, 0.3) is 0 Å². The number of nitrogens with one attached hydrogen (secondary N) is 1. The molecule has 2 aliphatic heterocycles. The number of hydrogen-bond donors (Lipinski definition) is 1. The average molecular weight is 399 g/mol. The van der Waals surface area contributed by atoms with E-state index in [1.54, 1.807) is 7.11 Å². The highest BCUT2D eigenvalue weighted by Gasteiger charge is 2.21. The van der Waals surface area contributed by atoms with Gasteiger partial charge in [-0.3, -0.25) is 14.7 Å². The first-order chi connectivity index (χ1) is 14.2. The van der Waals surface area contributed by atoms with Crippen LogP contribution in [0.3, 0.4) is 0 Å². The van der Waals surface area contributed by atoms with Gasteiger partial charge in [-0.2, -0.15) is 0 Å². The second-order valence-corrected chi connectivity index (χ2v) is 7.77. The van der Waals surface area contributed by atoms with E-state index < -0.39 is 0 Å². The van der Waals surface area contributed by atoms with Gasteiger partial charge >= 0.3 is 0 Å². The van der Waals surface area contributed by atoms with E-state index in [9.17, 15) is 4.79 Å². The fourth-order valence-corrected chi connectivity index (χ4v) is 4.07. The van der Waals surface area contributed by atoms with Gasteiger partial charge in [0, 0.05) is 51.8 Å². The smallest absolute Gasteiger partial charge is 0.255 e. The van der Waals surface area contributed by atoms with Crippen molar-refractivity contribution in [3.05, 3.63) is 51.4 Å². The number of H-pyrrole nitrogens is 1. The molecule has 0 aliphatic carbocycles. The Labute approximate surface area is 171 Å². The third-order valence-corrected chi connectivity index (χ3v) is 5.72. The first-order valence-corrected chi connectivity index (χ1v) is 10.5. The van der Waals surface area contributed by atoms with E-state index in [4.69, 9.17) is 14.5 Å². The molecule has 0 unspecified atom stereocenters. The monoisotopic (exact) mass is 398 g/mol. The zero-order valence-electron chi connectivity index (χ0n) is 17.2. The summed E-state index contributed by atoms with van der Waals surface area (Å²) < 4.78 is 10.6. The number of fused-ring (bicyclic) bond motifs is 1. The molecule has 156 valence electrons. The molecule has 0 bridgehead atoms. The highest BCUT2D eigenvalue weighted by molar-refractivity contribution is 5.35. The summed E-state index contributed by atoms with van der Waals surface area (Å²) in [5, 5.41) is 0. The van der Waals surface area contributed by atoms with Crippen LogP contribution in [0.1, 0.15) is 29.7 Å². The molecule has 0 saturated carbocycles. The summed E-state index contributed by atoms with van der Waals surface area (Å²) in [7, 11) is 1.67. The van der Waals surface area contributed by atoms with Gasteiger partial charge in [-0.05, 0) is 37.0 Å². The van der Waals surface area contributed by atoms with Crippen molar-refractivity contribution in [1.82, 2.24) is 14.9 Å². The van der Waals surface area contributed by atoms with Gasteiger partial charge in [-0.1, -0.05) is 12.1 Å². The molecule has 7 nitrogen and oxygen atoms in total. The number of nitrogens with zero attached hydrogens (tertiary/aromatic N) is 3. The van der Waals surface area contributed by atoms with Crippen LogP contribution in [-0.4, -0.2) is 61.4 Å². The SMILES string of the molecule is COCCOc1ccc(CN2CCc3nc(N4CCCC4)[nH]c(=O)c3CC2)cc1. The first kappa shape index (κ1) is 19.9. The fourth-order valence-electron chi connectivity index (χ4n) is 4.07. The van der Waals surface area contributed by atoms with Crippen LogP contribution >= 0.6 is 0 Å². The predicted molar refractivity (Wildman–Crippen MR) is 113 cm³/mol. The van der Waals surface area contributed by atoms with Gasteiger partial charge in [0.1, 0.15) is 12.4 Å². The number of aromatic amines is 1. The molecule has 1 fully saturated rings. The van der Waals surface area contributed by atoms with E-state index in [1.165, 1.54) is 18.4 Å². The van der Waals surface area contributed by atoms with Crippen LogP contribution in [0.4, 0.5) is 5.95 Å². The number of aromatic nitrogens is 2. The largest absolute Gasteiger partial charge is 0.491 e. The van der Waals surface area contributed by atoms with E-state index in [2.05, 4.69) is 26.9 Å². The third-order valence-electron chi connectivity index (χ3n) is 5.72. The minimum Gasteiger partial charge on any atom is -0.491 e. The molecular formula is C22H30N4O3. The highest BCUT2D eigenvalue weighted by atomic mass is 16.5. The van der Waals surface area contributed by atoms with Gasteiger partial charge in [-0.15, -0.1) is 0 Å². The Kier molecular flexibility index (Phi) is 6.46. The molecule has 1 aromatic heterocycles. The lowest BCUT2D eigenvalue weighted by Gasteiger charge is -2.19. The van der Waals surface area contributed by atoms with Gasteiger partial charge in [0.05, 0.1) is 12.3 Å². The molecule has 7 heteroatoms. The van der Waals surface area contributed by atoms with Crippen molar-refractivity contribution in [3.63, 3.8) is 0 Å². The third kappa shape index (κ3) is 4.97. The summed E-state index contributed by atoms with van der Waals surface area (Å²) in [6.45, 7) is 5.76. The van der Waals surface area contributed by atoms with Gasteiger partial charge < -0.3 is 14.4 Å². The van der Waals surface area contributed by atoms with Gasteiger partial charge in [0.2, 0.25) is 5.95 Å². The van der Waals surface area contributed by atoms with Crippen molar-refractivity contribution in [3.8, 4) is 5.75 Å². The summed E-state index contributed by atoms with van der Waals surface area (Å²) >= 11 is 0. The van der Waals surface area contributed by atoms with Crippen molar-refractivity contribution in [2.45, 2.75) is 32.2 Å². The Morgan fingerprint density at radius 2 is 1.79 bits per heavy atom. The lowest BCUT2D eigenvalue weighted by Crippen LogP contribution is -2.27. The zero-order valence-corrected chi connectivity index (χ0v) is 17.2. The second kappa shape index (κ2) is 9.41. The van der Waals surface area contributed by atoms with E-state index >= 15 is 0 Å². The number of benzene rings is 1. The van der Waals surface area contributed by atoms with Gasteiger partial charge in [-0.25, -0.2) is 4.98 Å². The molecule has 1 aromatic carbocycles. The summed E-state index contributed by atoms with van der Waals surface area (Å²) in [6, 6.07) is 8.23. The Morgan fingerprint density at radius 1 is 1.03 bits per heavy atom. The molecule has 1 saturated heterocycles. The summed E-state index contributed by atoms with van der Waals surface area (Å²) in [5.74, 6) is 1.61. The highest BCUT2D eigenvalue weighted by Crippen LogP contribution is 2.19. The summed E-state index contributed by atoms with van der Waals surface area (Å²) in [6.07, 6.45) is 3.91. The van der Waals surface area contributed by atoms with Crippen LogP contribution in [0, 0.1) is 0 Å². The summed E-state index contributed by atoms with van der Waals surface area (Å²) in [4.78, 5) is 25.1. The first-order valence-electron chi connectivity index (χ1n) is 10.5. The molecule has 0 spiro atoms. The lowest BCUT2D eigenvalue weighted by atomic mass is 10.1. The minimum atomic E-state index is 0.0383. The molecule has 0 radical (unpaired) electrons. The molecule has 3 heterocycles. The predicted octanol–water partition coefficient (Wildman–Crippen LogP) is 2.00. The van der Waals surface area contributed by atoms with Crippen molar-refractivity contribution in [1.29, 1.82) is 0 Å². The molecular weight excluding hydrogens is 368 g/mol. The number of hydrogen-bond acceptors (Lipinski definition) is 6. The van der Waals surface area contributed by atoms with Crippen molar-refractivity contribution < 1.29 is 9.47 Å². The van der Waals surface area contributed by atoms with E-state index in [0.717, 1.165) is 68.5 Å². The van der Waals surface area contributed by atoms with E-state index in [0.29, 0.717) is 13.2 Å². The quantitative estimate of drug-likeness (QED) is 0.720.